The lowest BCUT2D eigenvalue weighted by Gasteiger charge is -2.33. The van der Waals surface area contributed by atoms with Crippen molar-refractivity contribution in [3.8, 4) is 11.1 Å². The second-order valence-corrected chi connectivity index (χ2v) is 51.2. The number of anilines is 18. The summed E-state index contributed by atoms with van der Waals surface area (Å²) < 4.78 is 10.2. The van der Waals surface area contributed by atoms with E-state index in [0.717, 1.165) is 96.7 Å². The number of nitrogens with zero attached hydrogens (tertiary/aromatic N) is 6. The molecule has 0 fully saturated rings. The van der Waals surface area contributed by atoms with Crippen molar-refractivity contribution in [3.63, 3.8) is 0 Å². The summed E-state index contributed by atoms with van der Waals surface area (Å²) in [7, 11) is -2.96. The van der Waals surface area contributed by atoms with Crippen LogP contribution in [0.1, 0.15) is 0 Å². The molecule has 4 aromatic heterocycles. The number of rotatable bonds is 21. The van der Waals surface area contributed by atoms with E-state index >= 15 is 0 Å². The molecule has 654 valence electrons. The van der Waals surface area contributed by atoms with Crippen LogP contribution in [0.25, 0.3) is 103 Å². The fourth-order valence-corrected chi connectivity index (χ4v) is 26.4. The Labute approximate surface area is 811 Å². The number of hydrogen-bond donors (Lipinski definition) is 0. The first kappa shape index (κ1) is 85.0. The maximum absolute atomic E-state index is 2.46. The topological polar surface area (TPSA) is 19.4 Å². The van der Waals surface area contributed by atoms with Crippen molar-refractivity contribution in [2.24, 2.45) is 0 Å². The molecular formula is C124H96N6S4Si2. The minimum atomic E-state index is -1.51. The number of hydrogen-bond acceptors (Lipinski definition) is 10. The van der Waals surface area contributed by atoms with Gasteiger partial charge in [-0.3, -0.25) is 0 Å². The lowest BCUT2D eigenvalue weighted by molar-refractivity contribution is 1.23. The van der Waals surface area contributed by atoms with E-state index in [1.54, 1.807) is 0 Å². The highest BCUT2D eigenvalue weighted by atomic mass is 32.1. The number of para-hydroxylation sites is 6. The Morgan fingerprint density at radius 2 is 0.426 bits per heavy atom. The minimum Gasteiger partial charge on any atom is -0.310 e. The van der Waals surface area contributed by atoms with Crippen molar-refractivity contribution < 1.29 is 0 Å². The molecule has 0 aliphatic heterocycles. The molecule has 0 saturated carbocycles. The molecule has 24 aromatic rings. The molecule has 0 aliphatic carbocycles. The molecule has 0 spiro atoms. The van der Waals surface area contributed by atoms with Crippen molar-refractivity contribution >= 4 is 266 Å². The van der Waals surface area contributed by atoms with Gasteiger partial charge >= 0.3 is 0 Å². The fourth-order valence-electron chi connectivity index (χ4n) is 19.4. The molecule has 0 unspecified atom stereocenters. The number of benzene rings is 20. The van der Waals surface area contributed by atoms with Gasteiger partial charge in [-0.1, -0.05) is 311 Å². The Morgan fingerprint density at radius 1 is 0.154 bits per heavy atom. The third-order valence-corrected chi connectivity index (χ3v) is 35.0. The van der Waals surface area contributed by atoms with Crippen molar-refractivity contribution in [3.05, 3.63) is 473 Å². The zero-order valence-corrected chi connectivity index (χ0v) is 81.6. The Morgan fingerprint density at radius 3 is 0.897 bits per heavy atom. The molecule has 6 nitrogen and oxygen atoms in total. The van der Waals surface area contributed by atoms with Crippen LogP contribution in [0.15, 0.2) is 473 Å². The summed E-state index contributed by atoms with van der Waals surface area (Å²) in [6.07, 6.45) is 0. The first-order chi connectivity index (χ1) is 66.7. The van der Waals surface area contributed by atoms with Crippen LogP contribution in [0.4, 0.5) is 102 Å². The maximum Gasteiger partial charge on any atom is 0.0775 e. The first-order valence-corrected chi connectivity index (χ1v) is 56.8. The summed E-state index contributed by atoms with van der Waals surface area (Å²) in [5.74, 6) is 0. The van der Waals surface area contributed by atoms with Gasteiger partial charge in [0.15, 0.2) is 0 Å². The van der Waals surface area contributed by atoms with Crippen molar-refractivity contribution in [2.45, 2.75) is 39.3 Å². The van der Waals surface area contributed by atoms with E-state index in [1.807, 2.05) is 45.3 Å². The highest BCUT2D eigenvalue weighted by Gasteiger charge is 2.29. The third kappa shape index (κ3) is 16.2. The second kappa shape index (κ2) is 36.0. The molecule has 0 saturated heterocycles. The van der Waals surface area contributed by atoms with Crippen molar-refractivity contribution in [1.29, 1.82) is 0 Å². The van der Waals surface area contributed by atoms with Crippen LogP contribution in [-0.2, 0) is 0 Å². The van der Waals surface area contributed by atoms with Gasteiger partial charge in [0.25, 0.3) is 0 Å². The average molecular weight is 1850 g/mol. The van der Waals surface area contributed by atoms with Crippen molar-refractivity contribution in [1.82, 2.24) is 0 Å². The largest absolute Gasteiger partial charge is 0.310 e. The maximum atomic E-state index is 2.46. The molecule has 12 heteroatoms. The van der Waals surface area contributed by atoms with Gasteiger partial charge in [0, 0.05) is 151 Å². The smallest absolute Gasteiger partial charge is 0.0775 e. The quantitative estimate of drug-likeness (QED) is 0.0663. The van der Waals surface area contributed by atoms with Crippen LogP contribution in [0.5, 0.6) is 0 Å². The molecule has 20 aromatic carbocycles. The molecule has 0 aliphatic rings. The molecule has 0 atom stereocenters. The summed E-state index contributed by atoms with van der Waals surface area (Å²) in [5.41, 5.74) is 22.6. The number of fused-ring (bicyclic) bond motifs is 13. The van der Waals surface area contributed by atoms with Gasteiger partial charge in [-0.05, 0) is 229 Å². The summed E-state index contributed by atoms with van der Waals surface area (Å²) in [6, 6.07) is 174. The Balaban J connectivity index is 0.000000153. The predicted octanol–water partition coefficient (Wildman–Crippen LogP) is 37.6. The van der Waals surface area contributed by atoms with E-state index in [4.69, 9.17) is 0 Å². The normalized spacial score (nSPS) is 11.8. The van der Waals surface area contributed by atoms with Crippen LogP contribution in [-0.4, -0.2) is 16.1 Å². The predicted molar refractivity (Wildman–Crippen MR) is 601 cm³/mol. The Hall–Kier alpha value is -15.2. The lowest BCUT2D eigenvalue weighted by Crippen LogP contribution is -2.37. The standard InChI is InChI=1S/C64H41N3S3.C60H55N3SSi2/c1-3-18-43(19-4-1)65(56-27-13-17-42-16-7-8-22-49(42)56)45-32-34-46(35-33-45)67(58-29-15-26-54-51-24-10-12-31-60(51)70-64(54)58)47-37-39-61-55(40-47)52-38-36-48(41-62(52)68-61)66(44-20-5-2-6-21-44)57-28-14-25-53-50-23-9-11-30-59(50)69-63(53)57;1-65(2,3)53-35-29-48(30-36-53)61(46-22-12-8-13-23-46)52-33-39-55-56-42-51(34-40-59(56)64-60(55)43-52)63(50-26-18-21-45(41-50)44-19-10-7-11-20-44)58-28-17-16-27-57(58)62(47-24-14-9-15-25-47)49-31-37-54(38-32-49)66(4,5)6/h1-41H;7-43H,1-6H3. The highest BCUT2D eigenvalue weighted by Crippen LogP contribution is 2.54. The van der Waals surface area contributed by atoms with Gasteiger partial charge in [-0.15, -0.1) is 45.3 Å². The molecule has 24 rings (SSSR count). The average Bonchev–Trinajstić information content (AvgIpc) is 1.49. The van der Waals surface area contributed by atoms with E-state index in [1.165, 1.54) is 119 Å². The van der Waals surface area contributed by atoms with Crippen molar-refractivity contribution in [2.75, 3.05) is 29.4 Å². The van der Waals surface area contributed by atoms with Gasteiger partial charge in [-0.25, -0.2) is 0 Å². The highest BCUT2D eigenvalue weighted by molar-refractivity contribution is 7.27. The van der Waals surface area contributed by atoms with E-state index in [-0.39, 0.29) is 0 Å². The molecule has 4 heterocycles. The molecule has 0 amide bonds. The van der Waals surface area contributed by atoms with E-state index < -0.39 is 16.1 Å². The van der Waals surface area contributed by atoms with E-state index in [9.17, 15) is 0 Å². The summed E-state index contributed by atoms with van der Waals surface area (Å²) >= 11 is 7.46. The molecule has 0 bridgehead atoms. The fraction of sp³-hybridized carbons (Fsp3) is 0.0484. The molecular weight excluding hydrogens is 1760 g/mol. The summed E-state index contributed by atoms with van der Waals surface area (Å²) in [5, 5.41) is 15.5. The van der Waals surface area contributed by atoms with Gasteiger partial charge in [-0.2, -0.15) is 0 Å². The van der Waals surface area contributed by atoms with Gasteiger partial charge in [0.2, 0.25) is 0 Å². The second-order valence-electron chi connectivity index (χ2n) is 36.8. The van der Waals surface area contributed by atoms with Gasteiger partial charge in [0.05, 0.1) is 54.0 Å². The first-order valence-electron chi connectivity index (χ1n) is 46.5. The lowest BCUT2D eigenvalue weighted by atomic mass is 10.0. The summed E-state index contributed by atoms with van der Waals surface area (Å²) in [4.78, 5) is 14.5. The Bertz CT molecular complexity index is 8520. The van der Waals surface area contributed by atoms with E-state index in [2.05, 4.69) is 542 Å². The monoisotopic (exact) mass is 1850 g/mol. The molecule has 0 N–H and O–H groups in total. The van der Waals surface area contributed by atoms with Gasteiger partial charge < -0.3 is 29.4 Å². The van der Waals surface area contributed by atoms with Crippen LogP contribution in [0.2, 0.25) is 39.3 Å². The van der Waals surface area contributed by atoms with Crippen LogP contribution < -0.4 is 39.8 Å². The molecule has 136 heavy (non-hydrogen) atoms. The zero-order valence-electron chi connectivity index (χ0n) is 76.3. The Kier molecular flexibility index (Phi) is 22.5. The zero-order chi connectivity index (χ0) is 91.5. The van der Waals surface area contributed by atoms with Gasteiger partial charge in [0.1, 0.15) is 0 Å². The van der Waals surface area contributed by atoms with Crippen LogP contribution in [0.3, 0.4) is 0 Å². The molecule has 0 radical (unpaired) electrons. The van der Waals surface area contributed by atoms with Crippen LogP contribution >= 0.6 is 45.3 Å². The van der Waals surface area contributed by atoms with Crippen LogP contribution in [0, 0.1) is 0 Å². The van der Waals surface area contributed by atoms with E-state index in [0.29, 0.717) is 0 Å². The SMILES string of the molecule is C[Si](C)(C)c1ccc(N(c2ccccc2)c2ccc3c(c2)sc2ccc(N(c4cccc(-c5ccccc5)c4)c4ccccc4N(c4ccccc4)c4ccc([Si](C)(C)C)cc4)cc23)cc1.c1ccc(N(c2ccc(N(c3ccc4sc5cc(N(c6ccccc6)c6cccc7c6sc6ccccc67)ccc5c4c3)c3cccc4c3sc3ccccc34)cc2)c2cccc3ccccc23)cc1. The third-order valence-electron chi connectivity index (χ3n) is 26.1. The minimum absolute atomic E-state index is 1.08. The summed E-state index contributed by atoms with van der Waals surface area (Å²) in [6.45, 7) is 14.5. The number of thiophene rings is 4.